The molecule has 0 fully saturated rings. The second-order valence-electron chi connectivity index (χ2n) is 4.42. The van der Waals surface area contributed by atoms with Gasteiger partial charge in [0.05, 0.1) is 7.11 Å². The zero-order valence-corrected chi connectivity index (χ0v) is 11.8. The zero-order chi connectivity index (χ0) is 14.4. The minimum Gasteiger partial charge on any atom is -0.496 e. The molecule has 2 rings (SSSR count). The molecular formula is C15H19N3O2. The quantitative estimate of drug-likeness (QED) is 0.844. The number of hydrogen-bond donors (Lipinski definition) is 2. The van der Waals surface area contributed by atoms with Gasteiger partial charge in [0.15, 0.2) is 0 Å². The van der Waals surface area contributed by atoms with Gasteiger partial charge in [0.1, 0.15) is 17.4 Å². The van der Waals surface area contributed by atoms with E-state index in [0.29, 0.717) is 24.6 Å². The van der Waals surface area contributed by atoms with E-state index in [0.717, 1.165) is 17.7 Å². The Labute approximate surface area is 118 Å². The van der Waals surface area contributed by atoms with Gasteiger partial charge >= 0.3 is 0 Å². The summed E-state index contributed by atoms with van der Waals surface area (Å²) in [6.07, 6.45) is 1.51. The molecule has 1 heterocycles. The van der Waals surface area contributed by atoms with Crippen LogP contribution in [0, 0.1) is 0 Å². The molecule has 0 aliphatic carbocycles. The first-order chi connectivity index (χ1) is 9.72. The first kappa shape index (κ1) is 14.1. The smallest absolute Gasteiger partial charge is 0.252 e. The summed E-state index contributed by atoms with van der Waals surface area (Å²) in [5, 5.41) is 3.17. The lowest BCUT2D eigenvalue weighted by atomic mass is 10.1. The first-order valence-corrected chi connectivity index (χ1v) is 6.69. The maximum Gasteiger partial charge on any atom is 0.252 e. The van der Waals surface area contributed by atoms with E-state index in [4.69, 9.17) is 4.74 Å². The molecule has 5 nitrogen and oxygen atoms in total. The third kappa shape index (κ3) is 3.60. The average molecular weight is 273 g/mol. The molecule has 0 aliphatic heterocycles. The number of para-hydroxylation sites is 1. The minimum absolute atomic E-state index is 0.128. The van der Waals surface area contributed by atoms with Gasteiger partial charge in [-0.3, -0.25) is 4.79 Å². The van der Waals surface area contributed by atoms with Crippen molar-refractivity contribution in [1.82, 2.24) is 9.97 Å². The number of aromatic nitrogens is 2. The molecule has 5 heteroatoms. The molecule has 2 aromatic rings. The van der Waals surface area contributed by atoms with E-state index in [2.05, 4.69) is 15.3 Å². The van der Waals surface area contributed by atoms with E-state index in [-0.39, 0.29) is 5.56 Å². The second kappa shape index (κ2) is 6.75. The molecule has 106 valence electrons. The summed E-state index contributed by atoms with van der Waals surface area (Å²) in [4.78, 5) is 18.5. The van der Waals surface area contributed by atoms with Gasteiger partial charge in [0.2, 0.25) is 0 Å². The van der Waals surface area contributed by atoms with Gasteiger partial charge < -0.3 is 15.0 Å². The number of anilines is 1. The summed E-state index contributed by atoms with van der Waals surface area (Å²) in [5.74, 6) is 2.18. The van der Waals surface area contributed by atoms with Crippen LogP contribution in [0.15, 0.2) is 35.1 Å². The van der Waals surface area contributed by atoms with Crippen LogP contribution in [0.3, 0.4) is 0 Å². The number of benzene rings is 1. The van der Waals surface area contributed by atoms with E-state index in [1.165, 1.54) is 6.07 Å². The molecule has 0 spiro atoms. The van der Waals surface area contributed by atoms with Gasteiger partial charge in [-0.15, -0.1) is 0 Å². The predicted molar refractivity (Wildman–Crippen MR) is 79.4 cm³/mol. The van der Waals surface area contributed by atoms with Crippen molar-refractivity contribution in [3.63, 3.8) is 0 Å². The van der Waals surface area contributed by atoms with Crippen molar-refractivity contribution in [3.05, 3.63) is 52.1 Å². The number of aromatic amines is 1. The van der Waals surface area contributed by atoms with E-state index < -0.39 is 0 Å². The normalized spacial score (nSPS) is 10.3. The molecule has 0 radical (unpaired) electrons. The third-order valence-corrected chi connectivity index (χ3v) is 3.02. The van der Waals surface area contributed by atoms with Crippen molar-refractivity contribution in [2.24, 2.45) is 0 Å². The number of nitrogens with zero attached hydrogens (tertiary/aromatic N) is 1. The van der Waals surface area contributed by atoms with E-state index in [1.54, 1.807) is 7.11 Å². The summed E-state index contributed by atoms with van der Waals surface area (Å²) < 4.78 is 5.31. The van der Waals surface area contributed by atoms with Crippen molar-refractivity contribution in [3.8, 4) is 5.75 Å². The number of rotatable bonds is 6. The standard InChI is InChI=1S/C15H19N3O2/c1-3-13-17-14(10-15(19)18-13)16-9-8-11-6-4-5-7-12(11)20-2/h4-7,10H,3,8-9H2,1-2H3,(H2,16,17,18,19). The Morgan fingerprint density at radius 3 is 2.90 bits per heavy atom. The van der Waals surface area contributed by atoms with Crippen LogP contribution in [-0.2, 0) is 12.8 Å². The molecule has 0 unspecified atom stereocenters. The number of H-pyrrole nitrogens is 1. The average Bonchev–Trinajstić information content (AvgIpc) is 2.47. The highest BCUT2D eigenvalue weighted by Crippen LogP contribution is 2.17. The molecule has 0 saturated heterocycles. The van der Waals surface area contributed by atoms with Crippen molar-refractivity contribution < 1.29 is 4.74 Å². The Kier molecular flexibility index (Phi) is 4.76. The van der Waals surface area contributed by atoms with Gasteiger partial charge in [-0.05, 0) is 18.1 Å². The SMILES string of the molecule is CCc1nc(NCCc2ccccc2OC)cc(=O)[nH]1. The number of nitrogens with one attached hydrogen (secondary N) is 2. The summed E-state index contributed by atoms with van der Waals surface area (Å²) in [6, 6.07) is 9.38. The summed E-state index contributed by atoms with van der Waals surface area (Å²) in [5.41, 5.74) is 1.000. The summed E-state index contributed by atoms with van der Waals surface area (Å²) >= 11 is 0. The minimum atomic E-state index is -0.128. The van der Waals surface area contributed by atoms with Gasteiger partial charge in [-0.25, -0.2) is 4.98 Å². The highest BCUT2D eigenvalue weighted by molar-refractivity contribution is 5.36. The molecule has 1 aromatic heterocycles. The molecule has 0 saturated carbocycles. The van der Waals surface area contributed by atoms with Crippen LogP contribution in [0.1, 0.15) is 18.3 Å². The predicted octanol–water partition coefficient (Wildman–Crippen LogP) is 2.00. The van der Waals surface area contributed by atoms with Gasteiger partial charge in [0.25, 0.3) is 5.56 Å². The fourth-order valence-corrected chi connectivity index (χ4v) is 2.00. The summed E-state index contributed by atoms with van der Waals surface area (Å²) in [6.45, 7) is 2.65. The molecular weight excluding hydrogens is 254 g/mol. The molecule has 0 aliphatic rings. The van der Waals surface area contributed by atoms with Crippen LogP contribution in [0.2, 0.25) is 0 Å². The molecule has 1 aromatic carbocycles. The van der Waals surface area contributed by atoms with Crippen LogP contribution in [0.25, 0.3) is 0 Å². The first-order valence-electron chi connectivity index (χ1n) is 6.69. The van der Waals surface area contributed by atoms with Gasteiger partial charge in [-0.2, -0.15) is 0 Å². The Balaban J connectivity index is 1.99. The highest BCUT2D eigenvalue weighted by atomic mass is 16.5. The number of aryl methyl sites for hydroxylation is 1. The molecule has 0 amide bonds. The second-order valence-corrected chi connectivity index (χ2v) is 4.42. The zero-order valence-electron chi connectivity index (χ0n) is 11.8. The number of hydrogen-bond acceptors (Lipinski definition) is 4. The monoisotopic (exact) mass is 273 g/mol. The maximum absolute atomic E-state index is 11.4. The van der Waals surface area contributed by atoms with Crippen LogP contribution in [0.5, 0.6) is 5.75 Å². The maximum atomic E-state index is 11.4. The Morgan fingerprint density at radius 2 is 2.15 bits per heavy atom. The number of methoxy groups -OCH3 is 1. The lowest BCUT2D eigenvalue weighted by molar-refractivity contribution is 0.410. The Morgan fingerprint density at radius 1 is 1.35 bits per heavy atom. The fourth-order valence-electron chi connectivity index (χ4n) is 2.00. The Hall–Kier alpha value is -2.30. The lowest BCUT2D eigenvalue weighted by Crippen LogP contribution is -2.14. The van der Waals surface area contributed by atoms with Crippen LogP contribution in [-0.4, -0.2) is 23.6 Å². The molecule has 20 heavy (non-hydrogen) atoms. The molecule has 2 N–H and O–H groups in total. The largest absolute Gasteiger partial charge is 0.496 e. The highest BCUT2D eigenvalue weighted by Gasteiger charge is 2.03. The molecule has 0 bridgehead atoms. The lowest BCUT2D eigenvalue weighted by Gasteiger charge is -2.09. The van der Waals surface area contributed by atoms with Crippen LogP contribution in [0.4, 0.5) is 5.82 Å². The van der Waals surface area contributed by atoms with Crippen molar-refractivity contribution in [2.45, 2.75) is 19.8 Å². The van der Waals surface area contributed by atoms with E-state index >= 15 is 0 Å². The van der Waals surface area contributed by atoms with E-state index in [9.17, 15) is 4.79 Å². The van der Waals surface area contributed by atoms with Gasteiger partial charge in [0, 0.05) is 19.0 Å². The van der Waals surface area contributed by atoms with Crippen LogP contribution >= 0.6 is 0 Å². The molecule has 0 atom stereocenters. The Bertz CT molecular complexity index is 623. The van der Waals surface area contributed by atoms with Crippen molar-refractivity contribution in [1.29, 1.82) is 0 Å². The van der Waals surface area contributed by atoms with Crippen molar-refractivity contribution >= 4 is 5.82 Å². The number of ether oxygens (including phenoxy) is 1. The summed E-state index contributed by atoms with van der Waals surface area (Å²) in [7, 11) is 1.66. The fraction of sp³-hybridized carbons (Fsp3) is 0.333. The third-order valence-electron chi connectivity index (χ3n) is 3.02. The van der Waals surface area contributed by atoms with Crippen molar-refractivity contribution in [2.75, 3.05) is 19.0 Å². The van der Waals surface area contributed by atoms with E-state index in [1.807, 2.05) is 31.2 Å². The van der Waals surface area contributed by atoms with Crippen LogP contribution < -0.4 is 15.6 Å². The van der Waals surface area contributed by atoms with Gasteiger partial charge in [-0.1, -0.05) is 25.1 Å². The topological polar surface area (TPSA) is 67.0 Å².